The van der Waals surface area contributed by atoms with Gasteiger partial charge in [0.1, 0.15) is 0 Å². The van der Waals surface area contributed by atoms with Gasteiger partial charge in [-0.2, -0.15) is 0 Å². The molecule has 1 aliphatic heterocycles. The third-order valence-corrected chi connectivity index (χ3v) is 3.69. The molecule has 4 nitrogen and oxygen atoms in total. The average Bonchev–Trinajstić information content (AvgIpc) is 2.42. The zero-order chi connectivity index (χ0) is 13.1. The van der Waals surface area contributed by atoms with Gasteiger partial charge in [0.05, 0.1) is 6.61 Å². The number of methoxy groups -OCH3 is 2. The number of rotatable bonds is 10. The van der Waals surface area contributed by atoms with Crippen molar-refractivity contribution >= 4 is 0 Å². The monoisotopic (exact) mass is 258 g/mol. The van der Waals surface area contributed by atoms with Crippen LogP contribution in [0.2, 0.25) is 0 Å². The zero-order valence-electron chi connectivity index (χ0n) is 12.1. The van der Waals surface area contributed by atoms with Crippen molar-refractivity contribution in [3.05, 3.63) is 0 Å². The number of piperidine rings is 1. The van der Waals surface area contributed by atoms with E-state index in [9.17, 15) is 0 Å². The molecule has 0 aromatic rings. The van der Waals surface area contributed by atoms with Crippen LogP contribution in [0.1, 0.15) is 25.7 Å². The van der Waals surface area contributed by atoms with E-state index in [0.29, 0.717) is 0 Å². The summed E-state index contributed by atoms with van der Waals surface area (Å²) in [4.78, 5) is 2.51. The molecule has 1 fully saturated rings. The third kappa shape index (κ3) is 7.31. The summed E-state index contributed by atoms with van der Waals surface area (Å²) in [6.45, 7) is 7.45. The fourth-order valence-corrected chi connectivity index (χ4v) is 2.52. The summed E-state index contributed by atoms with van der Waals surface area (Å²) in [7, 11) is 3.55. The standard InChI is InChI=1S/C14H30N2O2/c1-17-11-4-8-16(10-12-18-2)9-6-14-5-3-7-15-13-14/h14-15H,3-13H2,1-2H3. The van der Waals surface area contributed by atoms with Crippen LogP contribution in [-0.4, -0.2) is 65.1 Å². The van der Waals surface area contributed by atoms with Crippen LogP contribution >= 0.6 is 0 Å². The van der Waals surface area contributed by atoms with E-state index in [2.05, 4.69) is 10.2 Å². The maximum Gasteiger partial charge on any atom is 0.0589 e. The molecule has 0 aliphatic carbocycles. The average molecular weight is 258 g/mol. The van der Waals surface area contributed by atoms with E-state index in [1.165, 1.54) is 38.9 Å². The second-order valence-electron chi connectivity index (χ2n) is 5.18. The van der Waals surface area contributed by atoms with Crippen LogP contribution in [0.3, 0.4) is 0 Å². The minimum absolute atomic E-state index is 0.829. The van der Waals surface area contributed by atoms with Crippen LogP contribution in [-0.2, 0) is 9.47 Å². The first kappa shape index (κ1) is 15.9. The Morgan fingerprint density at radius 2 is 1.94 bits per heavy atom. The molecule has 0 bridgehead atoms. The van der Waals surface area contributed by atoms with E-state index in [-0.39, 0.29) is 0 Å². The van der Waals surface area contributed by atoms with Gasteiger partial charge in [-0.1, -0.05) is 0 Å². The van der Waals surface area contributed by atoms with Crippen LogP contribution in [0.4, 0.5) is 0 Å². The summed E-state index contributed by atoms with van der Waals surface area (Å²) in [5.41, 5.74) is 0. The molecule has 0 radical (unpaired) electrons. The molecule has 1 saturated heterocycles. The highest BCUT2D eigenvalue weighted by molar-refractivity contribution is 4.71. The molecule has 0 saturated carbocycles. The van der Waals surface area contributed by atoms with Crippen molar-refractivity contribution in [3.63, 3.8) is 0 Å². The van der Waals surface area contributed by atoms with Gasteiger partial charge in [-0.25, -0.2) is 0 Å². The lowest BCUT2D eigenvalue weighted by molar-refractivity contribution is 0.127. The summed E-state index contributed by atoms with van der Waals surface area (Å²) < 4.78 is 10.3. The molecular weight excluding hydrogens is 228 g/mol. The highest BCUT2D eigenvalue weighted by atomic mass is 16.5. The van der Waals surface area contributed by atoms with E-state index in [0.717, 1.165) is 38.6 Å². The Morgan fingerprint density at radius 1 is 1.11 bits per heavy atom. The lowest BCUT2D eigenvalue weighted by Gasteiger charge is -2.27. The van der Waals surface area contributed by atoms with Gasteiger partial charge in [0.15, 0.2) is 0 Å². The van der Waals surface area contributed by atoms with Crippen molar-refractivity contribution in [1.82, 2.24) is 10.2 Å². The number of hydrogen-bond donors (Lipinski definition) is 1. The van der Waals surface area contributed by atoms with Crippen molar-refractivity contribution < 1.29 is 9.47 Å². The minimum atomic E-state index is 0.829. The lowest BCUT2D eigenvalue weighted by Crippen LogP contribution is -2.35. The Kier molecular flexibility index (Phi) is 9.48. The molecule has 0 spiro atoms. The van der Waals surface area contributed by atoms with Crippen LogP contribution < -0.4 is 5.32 Å². The van der Waals surface area contributed by atoms with Crippen LogP contribution in [0.5, 0.6) is 0 Å². The molecule has 0 aromatic heterocycles. The van der Waals surface area contributed by atoms with Crippen LogP contribution in [0, 0.1) is 5.92 Å². The number of nitrogens with one attached hydrogen (secondary N) is 1. The normalized spacial score (nSPS) is 20.5. The van der Waals surface area contributed by atoms with Crippen LogP contribution in [0.25, 0.3) is 0 Å². The van der Waals surface area contributed by atoms with Gasteiger partial charge < -0.3 is 19.7 Å². The van der Waals surface area contributed by atoms with Crippen molar-refractivity contribution in [2.75, 3.05) is 60.2 Å². The first-order chi connectivity index (χ1) is 8.86. The summed E-state index contributed by atoms with van der Waals surface area (Å²) in [5.74, 6) is 0.867. The third-order valence-electron chi connectivity index (χ3n) is 3.69. The SMILES string of the molecule is COCCCN(CCOC)CCC1CCCNC1. The number of hydrogen-bond acceptors (Lipinski definition) is 4. The maximum atomic E-state index is 5.19. The molecule has 1 atom stereocenters. The van der Waals surface area contributed by atoms with E-state index in [1.54, 1.807) is 14.2 Å². The molecule has 0 amide bonds. The first-order valence-electron chi connectivity index (χ1n) is 7.27. The molecule has 1 unspecified atom stereocenters. The zero-order valence-corrected chi connectivity index (χ0v) is 12.1. The second kappa shape index (κ2) is 10.7. The van der Waals surface area contributed by atoms with Gasteiger partial charge in [-0.3, -0.25) is 0 Å². The van der Waals surface area contributed by atoms with E-state index in [4.69, 9.17) is 9.47 Å². The highest BCUT2D eigenvalue weighted by Crippen LogP contribution is 2.14. The molecule has 4 heteroatoms. The number of nitrogens with zero attached hydrogens (tertiary/aromatic N) is 1. The minimum Gasteiger partial charge on any atom is -0.385 e. The largest absolute Gasteiger partial charge is 0.385 e. The van der Waals surface area contributed by atoms with Crippen molar-refractivity contribution in [2.24, 2.45) is 5.92 Å². The van der Waals surface area contributed by atoms with Crippen LogP contribution in [0.15, 0.2) is 0 Å². The highest BCUT2D eigenvalue weighted by Gasteiger charge is 2.14. The summed E-state index contributed by atoms with van der Waals surface area (Å²) in [6, 6.07) is 0. The maximum absolute atomic E-state index is 5.19. The quantitative estimate of drug-likeness (QED) is 0.600. The van der Waals surface area contributed by atoms with Gasteiger partial charge in [0, 0.05) is 33.9 Å². The Morgan fingerprint density at radius 3 is 2.61 bits per heavy atom. The second-order valence-corrected chi connectivity index (χ2v) is 5.18. The van der Waals surface area contributed by atoms with E-state index < -0.39 is 0 Å². The number of ether oxygens (including phenoxy) is 2. The fraction of sp³-hybridized carbons (Fsp3) is 1.00. The molecule has 18 heavy (non-hydrogen) atoms. The molecule has 108 valence electrons. The molecule has 1 N–H and O–H groups in total. The Balaban J connectivity index is 2.16. The summed E-state index contributed by atoms with van der Waals surface area (Å²) in [6.07, 6.45) is 5.16. The molecule has 1 heterocycles. The molecular formula is C14H30N2O2. The first-order valence-corrected chi connectivity index (χ1v) is 7.27. The smallest absolute Gasteiger partial charge is 0.0589 e. The summed E-state index contributed by atoms with van der Waals surface area (Å²) in [5, 5.41) is 3.49. The fourth-order valence-electron chi connectivity index (χ4n) is 2.52. The molecule has 0 aromatic carbocycles. The van der Waals surface area contributed by atoms with Gasteiger partial charge in [-0.15, -0.1) is 0 Å². The Bertz CT molecular complexity index is 185. The van der Waals surface area contributed by atoms with Gasteiger partial charge in [0.2, 0.25) is 0 Å². The lowest BCUT2D eigenvalue weighted by atomic mass is 9.96. The van der Waals surface area contributed by atoms with Crippen molar-refractivity contribution in [3.8, 4) is 0 Å². The molecule has 1 aliphatic rings. The summed E-state index contributed by atoms with van der Waals surface area (Å²) >= 11 is 0. The van der Waals surface area contributed by atoms with Crippen molar-refractivity contribution in [1.29, 1.82) is 0 Å². The van der Waals surface area contributed by atoms with Gasteiger partial charge in [-0.05, 0) is 51.2 Å². The van der Waals surface area contributed by atoms with Gasteiger partial charge in [0.25, 0.3) is 0 Å². The van der Waals surface area contributed by atoms with Gasteiger partial charge >= 0.3 is 0 Å². The Labute approximate surface area is 112 Å². The topological polar surface area (TPSA) is 33.7 Å². The predicted octanol–water partition coefficient (Wildman–Crippen LogP) is 1.36. The van der Waals surface area contributed by atoms with E-state index >= 15 is 0 Å². The predicted molar refractivity (Wildman–Crippen MR) is 75.0 cm³/mol. The molecule has 1 rings (SSSR count). The van der Waals surface area contributed by atoms with E-state index in [1.807, 2.05) is 0 Å². The van der Waals surface area contributed by atoms with Crippen molar-refractivity contribution in [2.45, 2.75) is 25.7 Å². The Hall–Kier alpha value is -0.160.